The van der Waals surface area contributed by atoms with E-state index in [0.717, 1.165) is 19.5 Å². The van der Waals surface area contributed by atoms with Gasteiger partial charge in [0.15, 0.2) is 0 Å². The molecule has 0 bridgehead atoms. The fraction of sp³-hybridized carbons (Fsp3) is 0.615. The zero-order valence-electron chi connectivity index (χ0n) is 9.82. The lowest BCUT2D eigenvalue weighted by Crippen LogP contribution is -2.49. The predicted molar refractivity (Wildman–Crippen MR) is 64.3 cm³/mol. The van der Waals surface area contributed by atoms with E-state index in [4.69, 9.17) is 5.73 Å². The van der Waals surface area contributed by atoms with Gasteiger partial charge in [-0.2, -0.15) is 0 Å². The van der Waals surface area contributed by atoms with Gasteiger partial charge in [-0.25, -0.2) is 0 Å². The van der Waals surface area contributed by atoms with Crippen molar-refractivity contribution in [2.75, 3.05) is 20.1 Å². The molecule has 0 saturated carbocycles. The summed E-state index contributed by atoms with van der Waals surface area (Å²) < 4.78 is 0. The Bertz CT molecular complexity index is 394. The molecule has 2 aliphatic rings. The van der Waals surface area contributed by atoms with Crippen molar-refractivity contribution in [1.82, 2.24) is 9.88 Å². The number of nitrogens with zero attached hydrogens (tertiary/aromatic N) is 2. The van der Waals surface area contributed by atoms with Gasteiger partial charge in [-0.1, -0.05) is 6.07 Å². The van der Waals surface area contributed by atoms with Crippen LogP contribution in [0.2, 0.25) is 0 Å². The largest absolute Gasteiger partial charge is 0.327 e. The van der Waals surface area contributed by atoms with E-state index in [9.17, 15) is 0 Å². The molecule has 3 heteroatoms. The lowest BCUT2D eigenvalue weighted by Gasteiger charge is -2.41. The van der Waals surface area contributed by atoms with Crippen molar-refractivity contribution >= 4 is 0 Å². The van der Waals surface area contributed by atoms with E-state index in [0.29, 0.717) is 0 Å². The summed E-state index contributed by atoms with van der Waals surface area (Å²) in [4.78, 5) is 6.88. The van der Waals surface area contributed by atoms with E-state index in [-0.39, 0.29) is 11.5 Å². The summed E-state index contributed by atoms with van der Waals surface area (Å²) in [6.07, 6.45) is 5.21. The highest BCUT2D eigenvalue weighted by atomic mass is 15.1. The topological polar surface area (TPSA) is 42.2 Å². The minimum Gasteiger partial charge on any atom is -0.327 e. The minimum atomic E-state index is 0.218. The van der Waals surface area contributed by atoms with E-state index in [1.807, 2.05) is 6.20 Å². The van der Waals surface area contributed by atoms with Gasteiger partial charge in [0.1, 0.15) is 0 Å². The van der Waals surface area contributed by atoms with Crippen LogP contribution in [-0.2, 0) is 11.8 Å². The van der Waals surface area contributed by atoms with Crippen LogP contribution in [0, 0.1) is 0 Å². The number of hydrogen-bond donors (Lipinski definition) is 1. The molecular formula is C13H19N3. The van der Waals surface area contributed by atoms with Crippen molar-refractivity contribution < 1.29 is 0 Å². The predicted octanol–water partition coefficient (Wildman–Crippen LogP) is 0.928. The van der Waals surface area contributed by atoms with Crippen LogP contribution >= 0.6 is 0 Å². The van der Waals surface area contributed by atoms with Crippen LogP contribution < -0.4 is 5.73 Å². The summed E-state index contributed by atoms with van der Waals surface area (Å²) in [5.74, 6) is 0. The first-order valence-electron chi connectivity index (χ1n) is 6.11. The maximum atomic E-state index is 6.38. The normalized spacial score (nSPS) is 28.2. The maximum Gasteiger partial charge on any atom is 0.0457 e. The molecule has 3 rings (SSSR count). The van der Waals surface area contributed by atoms with Crippen LogP contribution in [0.1, 0.15) is 24.1 Å². The third-order valence-electron chi connectivity index (χ3n) is 4.43. The number of fused-ring (bicyclic) bond motifs is 2. The van der Waals surface area contributed by atoms with Gasteiger partial charge in [-0.15, -0.1) is 0 Å². The van der Waals surface area contributed by atoms with Gasteiger partial charge < -0.3 is 10.6 Å². The number of rotatable bonds is 0. The second kappa shape index (κ2) is 3.54. The van der Waals surface area contributed by atoms with Crippen molar-refractivity contribution in [1.29, 1.82) is 0 Å². The van der Waals surface area contributed by atoms with Gasteiger partial charge in [0.2, 0.25) is 0 Å². The Morgan fingerprint density at radius 3 is 2.94 bits per heavy atom. The Morgan fingerprint density at radius 2 is 2.19 bits per heavy atom. The zero-order valence-corrected chi connectivity index (χ0v) is 9.82. The molecular weight excluding hydrogens is 198 g/mol. The van der Waals surface area contributed by atoms with Crippen molar-refractivity contribution in [3.8, 4) is 0 Å². The van der Waals surface area contributed by atoms with Crippen LogP contribution in [0.25, 0.3) is 0 Å². The number of hydrogen-bond acceptors (Lipinski definition) is 3. The summed E-state index contributed by atoms with van der Waals surface area (Å²) in [6, 6.07) is 4.56. The fourth-order valence-electron chi connectivity index (χ4n) is 3.32. The van der Waals surface area contributed by atoms with Gasteiger partial charge >= 0.3 is 0 Å². The molecule has 1 aliphatic heterocycles. The molecule has 16 heavy (non-hydrogen) atoms. The third kappa shape index (κ3) is 1.31. The molecule has 0 aromatic carbocycles. The molecule has 1 aromatic rings. The van der Waals surface area contributed by atoms with Crippen molar-refractivity contribution in [2.45, 2.75) is 30.7 Å². The Hall–Kier alpha value is -0.930. The van der Waals surface area contributed by atoms with Crippen LogP contribution in [0.15, 0.2) is 18.3 Å². The van der Waals surface area contributed by atoms with Gasteiger partial charge in [-0.3, -0.25) is 4.98 Å². The molecule has 0 radical (unpaired) electrons. The smallest absolute Gasteiger partial charge is 0.0457 e. The number of likely N-dealkylation sites (tertiary alicyclic amines) is 1. The zero-order chi connectivity index (χ0) is 11.2. The highest BCUT2D eigenvalue weighted by Crippen LogP contribution is 2.44. The van der Waals surface area contributed by atoms with Crippen molar-refractivity contribution in [3.05, 3.63) is 29.6 Å². The third-order valence-corrected chi connectivity index (χ3v) is 4.43. The molecule has 2 N–H and O–H groups in total. The van der Waals surface area contributed by atoms with Crippen LogP contribution in [0.4, 0.5) is 0 Å². The van der Waals surface area contributed by atoms with Crippen LogP contribution in [0.5, 0.6) is 0 Å². The summed E-state index contributed by atoms with van der Waals surface area (Å²) >= 11 is 0. The molecule has 0 amide bonds. The molecule has 1 spiro atoms. The number of aromatic nitrogens is 1. The SMILES string of the molecule is CN1CCC2(CC1)c1cccnc1C[C@H]2N. The number of nitrogens with two attached hydrogens (primary N) is 1. The lowest BCUT2D eigenvalue weighted by molar-refractivity contribution is 0.172. The summed E-state index contributed by atoms with van der Waals surface area (Å²) in [5.41, 5.74) is 9.26. The van der Waals surface area contributed by atoms with E-state index < -0.39 is 0 Å². The van der Waals surface area contributed by atoms with E-state index in [1.54, 1.807) is 0 Å². The summed E-state index contributed by atoms with van der Waals surface area (Å²) in [5, 5.41) is 0. The van der Waals surface area contributed by atoms with Crippen LogP contribution in [0.3, 0.4) is 0 Å². The lowest BCUT2D eigenvalue weighted by atomic mass is 9.72. The number of pyridine rings is 1. The summed E-state index contributed by atoms with van der Waals surface area (Å²) in [7, 11) is 2.19. The Balaban J connectivity index is 2.01. The first-order chi connectivity index (χ1) is 7.72. The average molecular weight is 217 g/mol. The molecule has 3 nitrogen and oxygen atoms in total. The maximum absolute atomic E-state index is 6.38. The monoisotopic (exact) mass is 217 g/mol. The van der Waals surface area contributed by atoms with Gasteiger partial charge in [0, 0.05) is 29.8 Å². The molecule has 1 atom stereocenters. The van der Waals surface area contributed by atoms with Gasteiger partial charge in [-0.05, 0) is 44.6 Å². The number of piperidine rings is 1. The first kappa shape index (κ1) is 10.2. The second-order valence-corrected chi connectivity index (χ2v) is 5.27. The fourth-order valence-corrected chi connectivity index (χ4v) is 3.32. The average Bonchev–Trinajstić information content (AvgIpc) is 2.57. The van der Waals surface area contributed by atoms with Crippen molar-refractivity contribution in [2.24, 2.45) is 5.73 Å². The molecule has 1 aliphatic carbocycles. The molecule has 1 saturated heterocycles. The molecule has 2 heterocycles. The highest BCUT2D eigenvalue weighted by Gasteiger charge is 2.46. The first-order valence-corrected chi connectivity index (χ1v) is 6.11. The summed E-state index contributed by atoms with van der Waals surface area (Å²) in [6.45, 7) is 2.31. The van der Waals surface area contributed by atoms with Gasteiger partial charge in [0.05, 0.1) is 0 Å². The van der Waals surface area contributed by atoms with E-state index >= 15 is 0 Å². The molecule has 0 unspecified atom stereocenters. The molecule has 1 fully saturated rings. The standard InChI is InChI=1S/C13H19N3/c1-16-7-4-13(5-8-16)10-3-2-6-15-11(10)9-12(13)14/h2-3,6,12H,4-5,7-9,14H2,1H3/t12-/m1/s1. The van der Waals surface area contributed by atoms with E-state index in [1.165, 1.54) is 24.1 Å². The Kier molecular flexibility index (Phi) is 2.26. The molecule has 1 aromatic heterocycles. The Labute approximate surface area is 96.7 Å². The quantitative estimate of drug-likeness (QED) is 0.703. The second-order valence-electron chi connectivity index (χ2n) is 5.27. The molecule has 86 valence electrons. The van der Waals surface area contributed by atoms with E-state index in [2.05, 4.69) is 29.1 Å². The highest BCUT2D eigenvalue weighted by molar-refractivity contribution is 5.38. The Morgan fingerprint density at radius 1 is 1.44 bits per heavy atom. The minimum absolute atomic E-state index is 0.218. The van der Waals surface area contributed by atoms with Crippen molar-refractivity contribution in [3.63, 3.8) is 0 Å². The van der Waals surface area contributed by atoms with Crippen LogP contribution in [-0.4, -0.2) is 36.1 Å². The van der Waals surface area contributed by atoms with Gasteiger partial charge in [0.25, 0.3) is 0 Å².